The van der Waals surface area contributed by atoms with E-state index in [4.69, 9.17) is 9.72 Å². The summed E-state index contributed by atoms with van der Waals surface area (Å²) in [5.74, 6) is 1.95. The molecule has 0 bridgehead atoms. The van der Waals surface area contributed by atoms with Gasteiger partial charge in [-0.2, -0.15) is 0 Å². The van der Waals surface area contributed by atoms with Crippen LogP contribution in [0, 0.1) is 6.92 Å². The zero-order valence-corrected chi connectivity index (χ0v) is 24.3. The number of pyridine rings is 1. The minimum Gasteiger partial charge on any atom is -0.437 e. The van der Waals surface area contributed by atoms with Gasteiger partial charge in [-0.05, 0) is 67.3 Å². The van der Waals surface area contributed by atoms with Gasteiger partial charge in [0.25, 0.3) is 0 Å². The maximum atomic E-state index is 6.34. The minimum absolute atomic E-state index is 0.0555. The summed E-state index contributed by atoms with van der Waals surface area (Å²) in [4.78, 5) is 15.2. The zero-order chi connectivity index (χ0) is 28.3. The highest BCUT2D eigenvalue weighted by molar-refractivity contribution is 5.79. The first-order valence-electron chi connectivity index (χ1n) is 14.0. The summed E-state index contributed by atoms with van der Waals surface area (Å²) < 4.78 is 6.34. The summed E-state index contributed by atoms with van der Waals surface area (Å²) in [6.07, 6.45) is 1.74. The topological polar surface area (TPSA) is 66.1 Å². The normalized spacial score (nSPS) is 12.6. The molecular formula is C34H39N5O. The number of H-pyrrole nitrogens is 1. The number of aromatic nitrogens is 3. The highest BCUT2D eigenvalue weighted by atomic mass is 16.5. The number of aromatic amines is 1. The summed E-state index contributed by atoms with van der Waals surface area (Å²) in [6.45, 7) is 15.0. The molecule has 0 saturated heterocycles. The van der Waals surface area contributed by atoms with Crippen LogP contribution in [0.1, 0.15) is 62.9 Å². The molecule has 2 N–H and O–H groups in total. The molecule has 2 aromatic heterocycles. The molecule has 0 radical (unpaired) electrons. The number of aryl methyl sites for hydroxylation is 1. The van der Waals surface area contributed by atoms with E-state index >= 15 is 0 Å². The van der Waals surface area contributed by atoms with Gasteiger partial charge in [0.05, 0.1) is 11.0 Å². The predicted molar refractivity (Wildman–Crippen MR) is 165 cm³/mol. The lowest BCUT2D eigenvalue weighted by Gasteiger charge is -2.28. The first-order valence-corrected chi connectivity index (χ1v) is 14.0. The Kier molecular flexibility index (Phi) is 7.90. The van der Waals surface area contributed by atoms with Crippen LogP contribution in [0.15, 0.2) is 85.1 Å². The van der Waals surface area contributed by atoms with Crippen molar-refractivity contribution >= 4 is 22.7 Å². The molecule has 1 atom stereocenters. The molecule has 6 nitrogen and oxygen atoms in total. The molecule has 40 heavy (non-hydrogen) atoms. The summed E-state index contributed by atoms with van der Waals surface area (Å²) in [5, 5.41) is 3.40. The fourth-order valence-corrected chi connectivity index (χ4v) is 4.98. The number of nitrogens with zero attached hydrogens (tertiary/aromatic N) is 3. The van der Waals surface area contributed by atoms with Gasteiger partial charge in [0.1, 0.15) is 11.4 Å². The number of para-hydroxylation sites is 1. The van der Waals surface area contributed by atoms with E-state index in [0.29, 0.717) is 11.8 Å². The van der Waals surface area contributed by atoms with Crippen molar-refractivity contribution < 1.29 is 4.74 Å². The molecule has 0 saturated carbocycles. The molecule has 2 heterocycles. The van der Waals surface area contributed by atoms with Gasteiger partial charge in [-0.3, -0.25) is 4.90 Å². The molecule has 0 amide bonds. The SMILES string of the molecule is CCN(Cc1ccc(C)cc1)C(C)c1ccc2nc(Nc3cccnc3Oc3ccccc3C(C)(C)C)[nH]c2c1. The number of anilines is 2. The van der Waals surface area contributed by atoms with Gasteiger partial charge in [-0.15, -0.1) is 0 Å². The summed E-state index contributed by atoms with van der Waals surface area (Å²) in [7, 11) is 0. The maximum Gasteiger partial charge on any atom is 0.243 e. The summed E-state index contributed by atoms with van der Waals surface area (Å²) >= 11 is 0. The highest BCUT2D eigenvalue weighted by Gasteiger charge is 2.20. The lowest BCUT2D eigenvalue weighted by Crippen LogP contribution is -2.26. The number of benzene rings is 3. The van der Waals surface area contributed by atoms with Gasteiger partial charge in [-0.25, -0.2) is 9.97 Å². The van der Waals surface area contributed by atoms with Crippen molar-refractivity contribution in [3.05, 3.63) is 107 Å². The van der Waals surface area contributed by atoms with Crippen molar-refractivity contribution in [2.75, 3.05) is 11.9 Å². The van der Waals surface area contributed by atoms with Crippen molar-refractivity contribution in [1.29, 1.82) is 0 Å². The Morgan fingerprint density at radius 2 is 1.75 bits per heavy atom. The van der Waals surface area contributed by atoms with E-state index in [-0.39, 0.29) is 11.5 Å². The van der Waals surface area contributed by atoms with Crippen molar-refractivity contribution in [3.63, 3.8) is 0 Å². The lowest BCUT2D eigenvalue weighted by atomic mass is 9.86. The van der Waals surface area contributed by atoms with E-state index in [1.54, 1.807) is 6.20 Å². The van der Waals surface area contributed by atoms with Gasteiger partial charge in [0.2, 0.25) is 11.8 Å². The molecule has 1 unspecified atom stereocenters. The van der Waals surface area contributed by atoms with Crippen LogP contribution in [0.2, 0.25) is 0 Å². The molecular weight excluding hydrogens is 494 g/mol. The van der Waals surface area contributed by atoms with Crippen molar-refractivity contribution in [3.8, 4) is 11.6 Å². The largest absolute Gasteiger partial charge is 0.437 e. The average molecular weight is 534 g/mol. The number of ether oxygens (including phenoxy) is 1. The standard InChI is InChI=1S/C34H39N5O/c1-7-39(22-25-16-14-23(2)15-17-25)24(3)26-18-19-28-30(21-26)38-33(36-28)37-29-12-10-20-35-32(29)40-31-13-9-8-11-27(31)34(4,5)6/h8-21,24H,7,22H2,1-6H3,(H2,36,37,38). The van der Waals surface area contributed by atoms with E-state index in [0.717, 1.165) is 41.1 Å². The van der Waals surface area contributed by atoms with Crippen molar-refractivity contribution in [2.45, 2.75) is 59.5 Å². The minimum atomic E-state index is -0.0555. The van der Waals surface area contributed by atoms with Crippen LogP contribution in [0.25, 0.3) is 11.0 Å². The fraction of sp³-hybridized carbons (Fsp3) is 0.294. The Morgan fingerprint density at radius 1 is 0.975 bits per heavy atom. The second kappa shape index (κ2) is 11.5. The zero-order valence-electron chi connectivity index (χ0n) is 24.3. The Morgan fingerprint density at radius 3 is 2.50 bits per heavy atom. The van der Waals surface area contributed by atoms with Gasteiger partial charge >= 0.3 is 0 Å². The molecule has 5 rings (SSSR count). The number of fused-ring (bicyclic) bond motifs is 1. The van der Waals surface area contributed by atoms with Gasteiger partial charge in [0.15, 0.2) is 0 Å². The van der Waals surface area contributed by atoms with E-state index in [9.17, 15) is 0 Å². The third kappa shape index (κ3) is 6.18. The quantitative estimate of drug-likeness (QED) is 0.198. The Bertz CT molecular complexity index is 1580. The van der Waals surface area contributed by atoms with Crippen molar-refractivity contribution in [1.82, 2.24) is 19.9 Å². The molecule has 6 heteroatoms. The van der Waals surface area contributed by atoms with Crippen LogP contribution < -0.4 is 10.1 Å². The molecule has 5 aromatic rings. The van der Waals surface area contributed by atoms with Crippen LogP contribution in [-0.2, 0) is 12.0 Å². The Hall–Kier alpha value is -4.16. The number of hydrogen-bond donors (Lipinski definition) is 2. The van der Waals surface area contributed by atoms with Crippen LogP contribution in [-0.4, -0.2) is 26.4 Å². The molecule has 0 fully saturated rings. The first kappa shape index (κ1) is 27.4. The molecule has 3 aromatic carbocycles. The van der Waals surface area contributed by atoms with E-state index < -0.39 is 0 Å². The molecule has 206 valence electrons. The predicted octanol–water partition coefficient (Wildman–Crippen LogP) is 8.68. The third-order valence-electron chi connectivity index (χ3n) is 7.37. The smallest absolute Gasteiger partial charge is 0.243 e. The van der Waals surface area contributed by atoms with Crippen LogP contribution >= 0.6 is 0 Å². The number of imidazole rings is 1. The summed E-state index contributed by atoms with van der Waals surface area (Å²) in [5.41, 5.74) is 7.57. The van der Waals surface area contributed by atoms with E-state index in [1.165, 1.54) is 16.7 Å². The number of rotatable bonds is 9. The second-order valence-electron chi connectivity index (χ2n) is 11.4. The highest BCUT2D eigenvalue weighted by Crippen LogP contribution is 2.36. The lowest BCUT2D eigenvalue weighted by molar-refractivity contribution is 0.213. The van der Waals surface area contributed by atoms with Gasteiger partial charge < -0.3 is 15.0 Å². The van der Waals surface area contributed by atoms with Gasteiger partial charge in [-0.1, -0.05) is 81.8 Å². The first-order chi connectivity index (χ1) is 19.2. The van der Waals surface area contributed by atoms with Crippen molar-refractivity contribution in [2.24, 2.45) is 0 Å². The maximum absolute atomic E-state index is 6.34. The van der Waals surface area contributed by atoms with Crippen LogP contribution in [0.5, 0.6) is 11.6 Å². The Labute approximate surface area is 237 Å². The van der Waals surface area contributed by atoms with Crippen LogP contribution in [0.3, 0.4) is 0 Å². The van der Waals surface area contributed by atoms with E-state index in [2.05, 4.69) is 110 Å². The molecule has 0 aliphatic rings. The average Bonchev–Trinajstić information content (AvgIpc) is 3.35. The number of hydrogen-bond acceptors (Lipinski definition) is 5. The molecule has 0 aliphatic heterocycles. The molecule has 0 aliphatic carbocycles. The fourth-order valence-electron chi connectivity index (χ4n) is 4.98. The van der Waals surface area contributed by atoms with E-state index in [1.807, 2.05) is 30.3 Å². The molecule has 0 spiro atoms. The Balaban J connectivity index is 1.36. The third-order valence-corrected chi connectivity index (χ3v) is 7.37. The van der Waals surface area contributed by atoms with Crippen LogP contribution in [0.4, 0.5) is 11.6 Å². The second-order valence-corrected chi connectivity index (χ2v) is 11.4. The van der Waals surface area contributed by atoms with Gasteiger partial charge in [0, 0.05) is 24.3 Å². The summed E-state index contributed by atoms with van der Waals surface area (Å²) in [6, 6.07) is 27.5. The monoisotopic (exact) mass is 533 g/mol. The number of nitrogens with one attached hydrogen (secondary N) is 2.